The molecule has 1 heterocycles. The van der Waals surface area contributed by atoms with Crippen molar-refractivity contribution in [3.63, 3.8) is 0 Å². The molecule has 1 aromatic rings. The minimum absolute atomic E-state index is 0.0340. The zero-order valence-corrected chi connectivity index (χ0v) is 13.3. The average molecular weight is 299 g/mol. The van der Waals surface area contributed by atoms with E-state index in [2.05, 4.69) is 30.5 Å². The van der Waals surface area contributed by atoms with E-state index in [-0.39, 0.29) is 23.8 Å². The summed E-state index contributed by atoms with van der Waals surface area (Å²) in [4.78, 5) is 4.11. The van der Waals surface area contributed by atoms with Crippen LogP contribution in [0.2, 0.25) is 0 Å². The molecule has 0 aliphatic rings. The Morgan fingerprint density at radius 3 is 2.60 bits per heavy atom. The molecule has 0 aliphatic carbocycles. The van der Waals surface area contributed by atoms with Gasteiger partial charge in [0.2, 0.25) is 10.0 Å². The molecule has 6 heteroatoms. The minimum Gasteiger partial charge on any atom is -0.326 e. The van der Waals surface area contributed by atoms with E-state index >= 15 is 0 Å². The van der Waals surface area contributed by atoms with Crippen LogP contribution in [-0.4, -0.2) is 31.7 Å². The fourth-order valence-corrected chi connectivity index (χ4v) is 3.04. The Morgan fingerprint density at radius 1 is 1.35 bits per heavy atom. The molecule has 0 spiro atoms. The van der Waals surface area contributed by atoms with E-state index in [1.807, 2.05) is 18.2 Å². The number of nitrogens with zero attached hydrogens (tertiary/aromatic N) is 1. The minimum atomic E-state index is -3.30. The van der Waals surface area contributed by atoms with Gasteiger partial charge in [-0.15, -0.1) is 0 Å². The van der Waals surface area contributed by atoms with Crippen LogP contribution < -0.4 is 10.5 Å². The second-order valence-corrected chi connectivity index (χ2v) is 8.19. The van der Waals surface area contributed by atoms with Crippen LogP contribution in [0.25, 0.3) is 0 Å². The predicted molar refractivity (Wildman–Crippen MR) is 81.8 cm³/mol. The Bertz CT molecular complexity index is 495. The maximum atomic E-state index is 11.9. The van der Waals surface area contributed by atoms with E-state index in [4.69, 9.17) is 5.73 Å². The van der Waals surface area contributed by atoms with Crippen molar-refractivity contribution in [2.24, 2.45) is 11.1 Å². The number of sulfonamides is 1. The van der Waals surface area contributed by atoms with E-state index < -0.39 is 10.0 Å². The van der Waals surface area contributed by atoms with Crippen LogP contribution in [0, 0.1) is 5.41 Å². The lowest BCUT2D eigenvalue weighted by Gasteiger charge is -2.23. The molecule has 0 saturated carbocycles. The summed E-state index contributed by atoms with van der Waals surface area (Å²) in [6.45, 7) is 6.54. The highest BCUT2D eigenvalue weighted by atomic mass is 32.2. The Kier molecular flexibility index (Phi) is 6.10. The molecule has 0 saturated heterocycles. The van der Waals surface area contributed by atoms with Crippen LogP contribution >= 0.6 is 0 Å². The van der Waals surface area contributed by atoms with Crippen LogP contribution in [0.5, 0.6) is 0 Å². The van der Waals surface area contributed by atoms with Gasteiger partial charge >= 0.3 is 0 Å². The summed E-state index contributed by atoms with van der Waals surface area (Å²) in [7, 11) is -3.30. The topological polar surface area (TPSA) is 85.1 Å². The monoisotopic (exact) mass is 299 g/mol. The van der Waals surface area contributed by atoms with Gasteiger partial charge in [-0.1, -0.05) is 26.8 Å². The van der Waals surface area contributed by atoms with Gasteiger partial charge in [-0.05, 0) is 24.0 Å². The van der Waals surface area contributed by atoms with Crippen molar-refractivity contribution in [1.82, 2.24) is 9.71 Å². The number of pyridine rings is 1. The summed E-state index contributed by atoms with van der Waals surface area (Å²) in [5.74, 6) is 0.0340. The second-order valence-electron chi connectivity index (χ2n) is 6.26. The van der Waals surface area contributed by atoms with Gasteiger partial charge in [0.15, 0.2) is 0 Å². The third-order valence-corrected chi connectivity index (χ3v) is 4.14. The van der Waals surface area contributed by atoms with E-state index in [1.54, 1.807) is 6.20 Å². The lowest BCUT2D eigenvalue weighted by molar-refractivity contribution is 0.338. The first kappa shape index (κ1) is 17.1. The number of aromatic nitrogens is 1. The molecule has 0 fully saturated rings. The van der Waals surface area contributed by atoms with Gasteiger partial charge in [-0.3, -0.25) is 4.98 Å². The average Bonchev–Trinajstić information content (AvgIpc) is 2.34. The lowest BCUT2D eigenvalue weighted by Crippen LogP contribution is -2.40. The summed E-state index contributed by atoms with van der Waals surface area (Å²) >= 11 is 0. The molecule has 0 amide bonds. The summed E-state index contributed by atoms with van der Waals surface area (Å²) in [6, 6.07) is 5.31. The van der Waals surface area contributed by atoms with Crippen molar-refractivity contribution >= 4 is 10.0 Å². The SMILES string of the molecule is CC(C)(C)CC(N)CNS(=O)(=O)CCc1ccccn1. The highest BCUT2D eigenvalue weighted by Crippen LogP contribution is 2.19. The van der Waals surface area contributed by atoms with Crippen molar-refractivity contribution in [1.29, 1.82) is 0 Å². The zero-order valence-electron chi connectivity index (χ0n) is 12.5. The van der Waals surface area contributed by atoms with Crippen molar-refractivity contribution in [2.45, 2.75) is 39.7 Å². The molecule has 1 unspecified atom stereocenters. The molecule has 0 radical (unpaired) electrons. The molecule has 20 heavy (non-hydrogen) atoms. The van der Waals surface area contributed by atoms with Gasteiger partial charge in [0, 0.05) is 30.9 Å². The number of rotatable bonds is 7. The molecule has 3 N–H and O–H groups in total. The fraction of sp³-hybridized carbons (Fsp3) is 0.643. The molecule has 1 rings (SSSR count). The van der Waals surface area contributed by atoms with Gasteiger partial charge < -0.3 is 5.73 Å². The lowest BCUT2D eigenvalue weighted by atomic mass is 9.88. The van der Waals surface area contributed by atoms with Gasteiger partial charge in [0.05, 0.1) is 5.75 Å². The van der Waals surface area contributed by atoms with Crippen molar-refractivity contribution in [3.8, 4) is 0 Å². The van der Waals surface area contributed by atoms with Crippen molar-refractivity contribution in [3.05, 3.63) is 30.1 Å². The Balaban J connectivity index is 2.38. The number of hydrogen-bond acceptors (Lipinski definition) is 4. The largest absolute Gasteiger partial charge is 0.326 e. The van der Waals surface area contributed by atoms with Crippen LogP contribution in [0.15, 0.2) is 24.4 Å². The molecule has 0 bridgehead atoms. The molecular formula is C14H25N3O2S. The van der Waals surface area contributed by atoms with E-state index in [0.717, 1.165) is 12.1 Å². The van der Waals surface area contributed by atoms with Gasteiger partial charge in [-0.25, -0.2) is 13.1 Å². The Hall–Kier alpha value is -0.980. The first-order valence-electron chi connectivity index (χ1n) is 6.81. The smallest absolute Gasteiger partial charge is 0.212 e. The molecule has 0 aliphatic heterocycles. The number of nitrogens with two attached hydrogens (primary N) is 1. The van der Waals surface area contributed by atoms with Gasteiger partial charge in [0.25, 0.3) is 0 Å². The number of aryl methyl sites for hydroxylation is 1. The van der Waals surface area contributed by atoms with Crippen LogP contribution in [0.1, 0.15) is 32.9 Å². The third kappa shape index (κ3) is 7.57. The van der Waals surface area contributed by atoms with Gasteiger partial charge in [0.1, 0.15) is 0 Å². The highest BCUT2D eigenvalue weighted by molar-refractivity contribution is 7.89. The van der Waals surface area contributed by atoms with Crippen LogP contribution in [0.4, 0.5) is 0 Å². The summed E-state index contributed by atoms with van der Waals surface area (Å²) in [6.07, 6.45) is 2.84. The molecule has 5 nitrogen and oxygen atoms in total. The predicted octanol–water partition coefficient (Wildman–Crippen LogP) is 1.31. The molecule has 0 aromatic carbocycles. The first-order valence-corrected chi connectivity index (χ1v) is 8.46. The van der Waals surface area contributed by atoms with Crippen molar-refractivity contribution < 1.29 is 8.42 Å². The Labute approximate surface area is 122 Å². The standard InChI is InChI=1S/C14H25N3O2S/c1-14(2,3)10-12(15)11-17-20(18,19)9-7-13-6-4-5-8-16-13/h4-6,8,12,17H,7,9-11,15H2,1-3H3. The molecule has 1 aromatic heterocycles. The maximum absolute atomic E-state index is 11.9. The fourth-order valence-electron chi connectivity index (χ4n) is 1.95. The molecular weight excluding hydrogens is 274 g/mol. The quantitative estimate of drug-likeness (QED) is 0.795. The number of hydrogen-bond donors (Lipinski definition) is 2. The third-order valence-electron chi connectivity index (χ3n) is 2.79. The summed E-state index contributed by atoms with van der Waals surface area (Å²) in [5, 5.41) is 0. The summed E-state index contributed by atoms with van der Waals surface area (Å²) in [5.41, 5.74) is 6.81. The van der Waals surface area contributed by atoms with E-state index in [9.17, 15) is 8.42 Å². The summed E-state index contributed by atoms with van der Waals surface area (Å²) < 4.78 is 26.3. The van der Waals surface area contributed by atoms with Gasteiger partial charge in [-0.2, -0.15) is 0 Å². The van der Waals surface area contributed by atoms with Crippen LogP contribution in [-0.2, 0) is 16.4 Å². The normalized spacial score (nSPS) is 14.2. The molecule has 114 valence electrons. The van der Waals surface area contributed by atoms with E-state index in [0.29, 0.717) is 6.42 Å². The number of nitrogens with one attached hydrogen (secondary N) is 1. The van der Waals surface area contributed by atoms with Crippen molar-refractivity contribution in [2.75, 3.05) is 12.3 Å². The highest BCUT2D eigenvalue weighted by Gasteiger charge is 2.18. The Morgan fingerprint density at radius 2 is 2.05 bits per heavy atom. The molecule has 1 atom stereocenters. The first-order chi connectivity index (χ1) is 9.18. The van der Waals surface area contributed by atoms with Crippen LogP contribution in [0.3, 0.4) is 0 Å². The second kappa shape index (κ2) is 7.15. The zero-order chi connectivity index (χ0) is 15.2. The van der Waals surface area contributed by atoms with E-state index in [1.165, 1.54) is 0 Å². The maximum Gasteiger partial charge on any atom is 0.212 e.